The van der Waals surface area contributed by atoms with Gasteiger partial charge in [0.1, 0.15) is 22.3 Å². The number of fused-ring (bicyclic) bond motifs is 1. The summed E-state index contributed by atoms with van der Waals surface area (Å²) in [6.45, 7) is 0.440. The summed E-state index contributed by atoms with van der Waals surface area (Å²) in [6.07, 6.45) is 3.44. The van der Waals surface area contributed by atoms with Crippen LogP contribution in [0.2, 0.25) is 5.02 Å². The van der Waals surface area contributed by atoms with Gasteiger partial charge in [-0.05, 0) is 33.6 Å². The first-order valence-corrected chi connectivity index (χ1v) is 9.74. The zero-order valence-electron chi connectivity index (χ0n) is 14.9. The average Bonchev–Trinajstić information content (AvgIpc) is 3.13. The lowest BCUT2D eigenvalue weighted by Crippen LogP contribution is -2.05. The molecule has 2 N–H and O–H groups in total. The summed E-state index contributed by atoms with van der Waals surface area (Å²) < 4.78 is 0.561. The summed E-state index contributed by atoms with van der Waals surface area (Å²) >= 11 is 9.86. The molecule has 2 aromatic heterocycles. The van der Waals surface area contributed by atoms with Crippen molar-refractivity contribution in [2.75, 3.05) is 5.32 Å². The van der Waals surface area contributed by atoms with Crippen LogP contribution in [0.1, 0.15) is 16.7 Å². The molecule has 0 amide bonds. The van der Waals surface area contributed by atoms with Gasteiger partial charge in [-0.15, -0.1) is 0 Å². The molecule has 29 heavy (non-hydrogen) atoms. The Balaban J connectivity index is 2.02. The second kappa shape index (κ2) is 7.92. The molecule has 0 bridgehead atoms. The number of anilines is 1. The molecule has 0 unspecified atom stereocenters. The third kappa shape index (κ3) is 3.31. The smallest absolute Gasteiger partial charge is 0.119 e. The summed E-state index contributed by atoms with van der Waals surface area (Å²) in [5, 5.41) is 31.5. The van der Waals surface area contributed by atoms with Crippen LogP contribution in [0, 0.1) is 22.7 Å². The Morgan fingerprint density at radius 2 is 1.90 bits per heavy atom. The van der Waals surface area contributed by atoms with Crippen molar-refractivity contribution in [3.05, 3.63) is 75.1 Å². The monoisotopic (exact) mass is 462 g/mol. The van der Waals surface area contributed by atoms with E-state index in [0.29, 0.717) is 55.0 Å². The SMILES string of the molecule is N#Cc1c(-c2ccccc2Cl)c(C#N)c2c(Br)[nH]nc2c1NCc1cccnc1. The van der Waals surface area contributed by atoms with Crippen molar-refractivity contribution >= 4 is 44.1 Å². The van der Waals surface area contributed by atoms with Crippen LogP contribution in [-0.2, 0) is 6.54 Å². The van der Waals surface area contributed by atoms with Crippen molar-refractivity contribution in [2.45, 2.75) is 6.54 Å². The molecular weight excluding hydrogens is 452 g/mol. The standard InChI is InChI=1S/C21H12BrClN6/c22-21-18-14(8-24)17(13-5-1-2-6-16(13)23)15(9-25)19(20(18)28-29-21)27-11-12-4-3-7-26-10-12/h1-7,10,27H,11H2,(H,28,29). The minimum absolute atomic E-state index is 0.310. The molecule has 0 aliphatic carbocycles. The number of aromatic amines is 1. The highest BCUT2D eigenvalue weighted by atomic mass is 79.9. The normalized spacial score (nSPS) is 10.5. The number of pyridine rings is 1. The van der Waals surface area contributed by atoms with Crippen LogP contribution in [0.5, 0.6) is 0 Å². The highest BCUT2D eigenvalue weighted by Gasteiger charge is 2.25. The summed E-state index contributed by atoms with van der Waals surface area (Å²) in [4.78, 5) is 4.12. The maximum Gasteiger partial charge on any atom is 0.119 e. The van der Waals surface area contributed by atoms with E-state index in [9.17, 15) is 10.5 Å². The van der Waals surface area contributed by atoms with E-state index >= 15 is 0 Å². The summed E-state index contributed by atoms with van der Waals surface area (Å²) in [7, 11) is 0. The van der Waals surface area contributed by atoms with Crippen LogP contribution in [0.25, 0.3) is 22.0 Å². The Morgan fingerprint density at radius 3 is 2.59 bits per heavy atom. The predicted octanol–water partition coefficient (Wildman–Crippen LogP) is 5.40. The van der Waals surface area contributed by atoms with Crippen molar-refractivity contribution in [1.29, 1.82) is 10.5 Å². The average molecular weight is 464 g/mol. The molecule has 0 aliphatic heterocycles. The van der Waals surface area contributed by atoms with Gasteiger partial charge in [0.05, 0.1) is 22.2 Å². The van der Waals surface area contributed by atoms with Crippen LogP contribution in [-0.4, -0.2) is 15.2 Å². The number of rotatable bonds is 4. The van der Waals surface area contributed by atoms with Gasteiger partial charge in [0.25, 0.3) is 0 Å². The number of nitrogens with zero attached hydrogens (tertiary/aromatic N) is 4. The lowest BCUT2D eigenvalue weighted by Gasteiger charge is -2.16. The molecule has 2 heterocycles. The van der Waals surface area contributed by atoms with Gasteiger partial charge in [0.15, 0.2) is 0 Å². The Labute approximate surface area is 179 Å². The molecule has 8 heteroatoms. The van der Waals surface area contributed by atoms with Crippen molar-refractivity contribution in [3.63, 3.8) is 0 Å². The summed E-state index contributed by atoms with van der Waals surface area (Å²) in [5.41, 5.74) is 3.71. The zero-order valence-corrected chi connectivity index (χ0v) is 17.2. The van der Waals surface area contributed by atoms with Gasteiger partial charge in [-0.2, -0.15) is 15.6 Å². The fraction of sp³-hybridized carbons (Fsp3) is 0.0476. The molecule has 6 nitrogen and oxygen atoms in total. The topological polar surface area (TPSA) is 101 Å². The first-order chi connectivity index (χ1) is 14.2. The molecule has 4 aromatic rings. The van der Waals surface area contributed by atoms with Crippen LogP contribution < -0.4 is 5.32 Å². The van der Waals surface area contributed by atoms with Crippen LogP contribution in [0.4, 0.5) is 5.69 Å². The number of benzene rings is 2. The van der Waals surface area contributed by atoms with E-state index in [1.54, 1.807) is 30.6 Å². The molecule has 0 radical (unpaired) electrons. The number of halogens is 2. The van der Waals surface area contributed by atoms with E-state index in [4.69, 9.17) is 11.6 Å². The van der Waals surface area contributed by atoms with Crippen LogP contribution in [0.15, 0.2) is 53.4 Å². The molecule has 0 atom stereocenters. The molecular formula is C21H12BrClN6. The fourth-order valence-electron chi connectivity index (χ4n) is 3.25. The molecule has 0 fully saturated rings. The summed E-state index contributed by atoms with van der Waals surface area (Å²) in [6, 6.07) is 15.4. The van der Waals surface area contributed by atoms with E-state index in [2.05, 4.69) is 48.6 Å². The van der Waals surface area contributed by atoms with Crippen molar-refractivity contribution in [2.24, 2.45) is 0 Å². The van der Waals surface area contributed by atoms with Gasteiger partial charge in [0, 0.05) is 35.1 Å². The molecule has 0 saturated heterocycles. The molecule has 0 saturated carbocycles. The van der Waals surface area contributed by atoms with E-state index in [1.165, 1.54) is 0 Å². The second-order valence-corrected chi connectivity index (χ2v) is 7.38. The number of nitriles is 2. The van der Waals surface area contributed by atoms with Gasteiger partial charge in [-0.25, -0.2) is 0 Å². The fourth-order valence-corrected chi connectivity index (χ4v) is 3.95. The Bertz CT molecular complexity index is 1300. The predicted molar refractivity (Wildman–Crippen MR) is 115 cm³/mol. The van der Waals surface area contributed by atoms with Gasteiger partial charge in [-0.3, -0.25) is 10.1 Å². The van der Waals surface area contributed by atoms with E-state index in [1.807, 2.05) is 18.2 Å². The Kier molecular flexibility index (Phi) is 5.18. The van der Waals surface area contributed by atoms with Crippen molar-refractivity contribution in [1.82, 2.24) is 15.2 Å². The quantitative estimate of drug-likeness (QED) is 0.422. The lowest BCUT2D eigenvalue weighted by molar-refractivity contribution is 1.08. The third-order valence-electron chi connectivity index (χ3n) is 4.52. The maximum absolute atomic E-state index is 10.0. The number of nitrogens with one attached hydrogen (secondary N) is 2. The first kappa shape index (κ1) is 18.9. The van der Waals surface area contributed by atoms with E-state index in [-0.39, 0.29) is 0 Å². The van der Waals surface area contributed by atoms with Gasteiger partial charge in [0.2, 0.25) is 0 Å². The summed E-state index contributed by atoms with van der Waals surface area (Å²) in [5.74, 6) is 0. The molecule has 4 rings (SSSR count). The first-order valence-electron chi connectivity index (χ1n) is 8.57. The van der Waals surface area contributed by atoms with Gasteiger partial charge in [-0.1, -0.05) is 35.9 Å². The Hall–Kier alpha value is -3.39. The van der Waals surface area contributed by atoms with Crippen molar-refractivity contribution < 1.29 is 0 Å². The minimum atomic E-state index is 0.310. The molecule has 0 spiro atoms. The minimum Gasteiger partial charge on any atom is -0.378 e. The highest BCUT2D eigenvalue weighted by molar-refractivity contribution is 9.10. The van der Waals surface area contributed by atoms with Crippen molar-refractivity contribution in [3.8, 4) is 23.3 Å². The highest BCUT2D eigenvalue weighted by Crippen LogP contribution is 2.43. The largest absolute Gasteiger partial charge is 0.378 e. The number of H-pyrrole nitrogens is 1. The number of aromatic nitrogens is 3. The Morgan fingerprint density at radius 1 is 1.10 bits per heavy atom. The van der Waals surface area contributed by atoms with E-state index < -0.39 is 0 Å². The number of hydrogen-bond donors (Lipinski definition) is 2. The third-order valence-corrected chi connectivity index (χ3v) is 5.42. The lowest BCUT2D eigenvalue weighted by atomic mass is 9.91. The van der Waals surface area contributed by atoms with Gasteiger partial charge < -0.3 is 5.32 Å². The van der Waals surface area contributed by atoms with E-state index in [0.717, 1.165) is 5.56 Å². The molecule has 0 aliphatic rings. The van der Waals surface area contributed by atoms with Gasteiger partial charge >= 0.3 is 0 Å². The molecule has 140 valence electrons. The van der Waals surface area contributed by atoms with Crippen LogP contribution >= 0.6 is 27.5 Å². The zero-order chi connectivity index (χ0) is 20.4. The number of hydrogen-bond acceptors (Lipinski definition) is 5. The molecule has 2 aromatic carbocycles. The maximum atomic E-state index is 10.0. The van der Waals surface area contributed by atoms with Crippen LogP contribution in [0.3, 0.4) is 0 Å². The second-order valence-electron chi connectivity index (χ2n) is 6.18.